The fourth-order valence-electron chi connectivity index (χ4n) is 0.864. The third-order valence-corrected chi connectivity index (χ3v) is 1.68. The third-order valence-electron chi connectivity index (χ3n) is 1.42. The molecule has 3 nitrogen and oxygen atoms in total. The van der Waals surface area contributed by atoms with E-state index in [0.29, 0.717) is 5.02 Å². The molecule has 0 aliphatic heterocycles. The number of rotatable bonds is 3. The fraction of sp³-hybridized carbons (Fsp3) is 0.125. The highest BCUT2D eigenvalue weighted by Gasteiger charge is 1.98. The van der Waals surface area contributed by atoms with E-state index in [1.54, 1.807) is 24.3 Å². The van der Waals surface area contributed by atoms with Crippen LogP contribution >= 0.6 is 11.6 Å². The molecule has 1 rings (SSSR count). The number of hydrogen-bond acceptors (Lipinski definition) is 3. The monoisotopic (exact) mass is 183 g/mol. The molecule has 0 aliphatic carbocycles. The lowest BCUT2D eigenvalue weighted by atomic mass is 10.3. The zero-order valence-electron chi connectivity index (χ0n) is 6.79. The summed E-state index contributed by atoms with van der Waals surface area (Å²) in [4.78, 5) is 0. The Labute approximate surface area is 76.6 Å². The third kappa shape index (κ3) is 1.96. The van der Waals surface area contributed by atoms with Crippen LogP contribution in [0.15, 0.2) is 29.4 Å². The maximum absolute atomic E-state index is 5.72. The minimum absolute atomic E-state index is 0.707. The molecule has 12 heavy (non-hydrogen) atoms. The Morgan fingerprint density at radius 2 is 2.00 bits per heavy atom. The van der Waals surface area contributed by atoms with E-state index in [0.717, 1.165) is 5.69 Å². The van der Waals surface area contributed by atoms with E-state index in [-0.39, 0.29) is 0 Å². The summed E-state index contributed by atoms with van der Waals surface area (Å²) in [6.45, 7) is 3.41. The SMILES string of the molecule is C=NN(NC)c1ccc(Cl)cc1. The van der Waals surface area contributed by atoms with Gasteiger partial charge in [0.1, 0.15) is 0 Å². The van der Waals surface area contributed by atoms with Crippen LogP contribution in [0.2, 0.25) is 5.02 Å². The minimum Gasteiger partial charge on any atom is -0.216 e. The lowest BCUT2D eigenvalue weighted by Gasteiger charge is -2.15. The smallest absolute Gasteiger partial charge is 0.0779 e. The van der Waals surface area contributed by atoms with Crippen LogP contribution in [0.1, 0.15) is 0 Å². The highest BCUT2D eigenvalue weighted by Crippen LogP contribution is 2.16. The largest absolute Gasteiger partial charge is 0.216 e. The zero-order chi connectivity index (χ0) is 8.97. The van der Waals surface area contributed by atoms with E-state index in [4.69, 9.17) is 11.6 Å². The van der Waals surface area contributed by atoms with Crippen molar-refractivity contribution < 1.29 is 0 Å². The summed E-state index contributed by atoms with van der Waals surface area (Å²) in [6, 6.07) is 7.31. The van der Waals surface area contributed by atoms with Gasteiger partial charge < -0.3 is 0 Å². The van der Waals surface area contributed by atoms with Gasteiger partial charge in [0, 0.05) is 18.8 Å². The van der Waals surface area contributed by atoms with E-state index in [9.17, 15) is 0 Å². The molecule has 0 fully saturated rings. The molecule has 0 unspecified atom stereocenters. The first-order valence-electron chi connectivity index (χ1n) is 3.47. The van der Waals surface area contributed by atoms with Crippen LogP contribution < -0.4 is 10.5 Å². The lowest BCUT2D eigenvalue weighted by Crippen LogP contribution is -2.28. The molecule has 1 aromatic carbocycles. The second-order valence-electron chi connectivity index (χ2n) is 2.15. The fourth-order valence-corrected chi connectivity index (χ4v) is 0.990. The molecule has 0 atom stereocenters. The molecule has 4 heteroatoms. The maximum Gasteiger partial charge on any atom is 0.0779 e. The normalized spacial score (nSPS) is 9.50. The van der Waals surface area contributed by atoms with Crippen LogP contribution in [-0.4, -0.2) is 13.8 Å². The second kappa shape index (κ2) is 4.09. The molecule has 0 aliphatic rings. The summed E-state index contributed by atoms with van der Waals surface area (Å²) < 4.78 is 0. The number of nitrogens with one attached hydrogen (secondary N) is 1. The van der Waals surface area contributed by atoms with Gasteiger partial charge in [-0.25, -0.2) is 5.43 Å². The first-order chi connectivity index (χ1) is 5.77. The van der Waals surface area contributed by atoms with Crippen molar-refractivity contribution in [2.24, 2.45) is 5.10 Å². The van der Waals surface area contributed by atoms with Gasteiger partial charge >= 0.3 is 0 Å². The van der Waals surface area contributed by atoms with E-state index in [2.05, 4.69) is 17.2 Å². The molecule has 0 heterocycles. The molecule has 64 valence electrons. The Morgan fingerprint density at radius 1 is 1.42 bits per heavy atom. The van der Waals surface area contributed by atoms with Gasteiger partial charge in [-0.15, -0.1) is 0 Å². The van der Waals surface area contributed by atoms with Crippen LogP contribution in [0.4, 0.5) is 5.69 Å². The molecule has 0 aromatic heterocycles. The van der Waals surface area contributed by atoms with Gasteiger partial charge in [0.05, 0.1) is 5.69 Å². The van der Waals surface area contributed by atoms with Gasteiger partial charge in [-0.2, -0.15) is 10.2 Å². The molecule has 0 amide bonds. The van der Waals surface area contributed by atoms with E-state index in [1.807, 2.05) is 12.1 Å². The summed E-state index contributed by atoms with van der Waals surface area (Å²) in [5.74, 6) is 0. The van der Waals surface area contributed by atoms with Gasteiger partial charge in [-0.1, -0.05) is 11.6 Å². The molecular weight excluding hydrogens is 174 g/mol. The van der Waals surface area contributed by atoms with Crippen LogP contribution in [0, 0.1) is 0 Å². The van der Waals surface area contributed by atoms with Crippen molar-refractivity contribution in [1.82, 2.24) is 5.43 Å². The quantitative estimate of drug-likeness (QED) is 0.573. The molecule has 0 saturated heterocycles. The topological polar surface area (TPSA) is 27.6 Å². The molecule has 0 bridgehead atoms. The number of hydrogen-bond donors (Lipinski definition) is 1. The van der Waals surface area contributed by atoms with Crippen LogP contribution in [0.5, 0.6) is 0 Å². The Kier molecular flexibility index (Phi) is 3.08. The van der Waals surface area contributed by atoms with Gasteiger partial charge in [0.15, 0.2) is 0 Å². The summed E-state index contributed by atoms with van der Waals surface area (Å²) in [7, 11) is 1.77. The maximum atomic E-state index is 5.72. The van der Waals surface area contributed by atoms with Gasteiger partial charge in [0.2, 0.25) is 0 Å². The van der Waals surface area contributed by atoms with Crippen molar-refractivity contribution in [3.63, 3.8) is 0 Å². The Bertz CT molecular complexity index is 258. The Balaban J connectivity index is 2.87. The van der Waals surface area contributed by atoms with Crippen molar-refractivity contribution in [2.75, 3.05) is 12.2 Å². The predicted molar refractivity (Wildman–Crippen MR) is 52.5 cm³/mol. The highest BCUT2D eigenvalue weighted by molar-refractivity contribution is 6.30. The first kappa shape index (κ1) is 9.03. The van der Waals surface area contributed by atoms with Crippen molar-refractivity contribution in [1.29, 1.82) is 0 Å². The van der Waals surface area contributed by atoms with Crippen LogP contribution in [-0.2, 0) is 0 Å². The number of anilines is 1. The average molecular weight is 184 g/mol. The average Bonchev–Trinajstić information content (AvgIpc) is 2.10. The Hall–Kier alpha value is -1.06. The van der Waals surface area contributed by atoms with Gasteiger partial charge in [0.25, 0.3) is 0 Å². The molecule has 0 radical (unpaired) electrons. The zero-order valence-corrected chi connectivity index (χ0v) is 7.54. The van der Waals surface area contributed by atoms with Crippen LogP contribution in [0.25, 0.3) is 0 Å². The van der Waals surface area contributed by atoms with E-state index in [1.165, 1.54) is 0 Å². The number of nitrogens with zero attached hydrogens (tertiary/aromatic N) is 2. The first-order valence-corrected chi connectivity index (χ1v) is 3.85. The van der Waals surface area contributed by atoms with Gasteiger partial charge in [-0.3, -0.25) is 0 Å². The highest BCUT2D eigenvalue weighted by atomic mass is 35.5. The number of benzene rings is 1. The summed E-state index contributed by atoms with van der Waals surface area (Å²) >= 11 is 5.72. The molecule has 1 N–H and O–H groups in total. The lowest BCUT2D eigenvalue weighted by molar-refractivity contribution is 0.744. The van der Waals surface area contributed by atoms with Gasteiger partial charge in [-0.05, 0) is 24.3 Å². The standard InChI is InChI=1S/C8H10ClN3/c1-10-12(11-2)8-5-3-7(9)4-6-8/h3-6,11H,1H2,2H3. The van der Waals surface area contributed by atoms with E-state index < -0.39 is 0 Å². The van der Waals surface area contributed by atoms with Crippen molar-refractivity contribution in [2.45, 2.75) is 0 Å². The minimum atomic E-state index is 0.707. The Morgan fingerprint density at radius 3 is 2.42 bits per heavy atom. The molecule has 1 aromatic rings. The number of hydrazine groups is 1. The molecular formula is C8H10ClN3. The number of hydrazone groups is 1. The van der Waals surface area contributed by atoms with E-state index >= 15 is 0 Å². The predicted octanol–water partition coefficient (Wildman–Crippen LogP) is 1.90. The molecule has 0 spiro atoms. The van der Waals surface area contributed by atoms with Crippen molar-refractivity contribution in [3.05, 3.63) is 29.3 Å². The van der Waals surface area contributed by atoms with Crippen LogP contribution in [0.3, 0.4) is 0 Å². The second-order valence-corrected chi connectivity index (χ2v) is 2.59. The summed E-state index contributed by atoms with van der Waals surface area (Å²) in [5.41, 5.74) is 3.75. The summed E-state index contributed by atoms with van der Waals surface area (Å²) in [5, 5.41) is 5.99. The number of halogens is 1. The summed E-state index contributed by atoms with van der Waals surface area (Å²) in [6.07, 6.45) is 0. The van der Waals surface area contributed by atoms with Crippen molar-refractivity contribution >= 4 is 24.0 Å². The van der Waals surface area contributed by atoms with Crippen molar-refractivity contribution in [3.8, 4) is 0 Å². The molecule has 0 saturated carbocycles.